The average molecular weight is 264 g/mol. The molecule has 0 spiro atoms. The Hall–Kier alpha value is -2.43. The molecule has 2 aromatic rings. The Morgan fingerprint density at radius 2 is 1.63 bits per heavy atom. The van der Waals surface area contributed by atoms with Crippen molar-refractivity contribution < 1.29 is 23.4 Å². The van der Waals surface area contributed by atoms with Gasteiger partial charge >= 0.3 is 5.97 Å². The molecule has 0 amide bonds. The van der Waals surface area contributed by atoms with Crippen molar-refractivity contribution in [2.24, 2.45) is 0 Å². The van der Waals surface area contributed by atoms with Crippen molar-refractivity contribution in [3.63, 3.8) is 0 Å². The summed E-state index contributed by atoms with van der Waals surface area (Å²) in [6, 6.07) is 6.88. The molecule has 0 unspecified atom stereocenters. The summed E-state index contributed by atoms with van der Waals surface area (Å²) in [5.41, 5.74) is 0.147. The lowest BCUT2D eigenvalue weighted by Gasteiger charge is -2.11. The van der Waals surface area contributed by atoms with Crippen LogP contribution in [0.2, 0.25) is 0 Å². The topological polar surface area (TPSA) is 46.5 Å². The van der Waals surface area contributed by atoms with Crippen LogP contribution < -0.4 is 4.74 Å². The van der Waals surface area contributed by atoms with Crippen LogP contribution in [-0.4, -0.2) is 18.2 Å². The average Bonchev–Trinajstić information content (AvgIpc) is 2.38. The first kappa shape index (κ1) is 13.0. The fraction of sp³-hybridized carbons (Fsp3) is 0.0714. The number of aromatic carboxylic acids is 1. The summed E-state index contributed by atoms with van der Waals surface area (Å²) in [5.74, 6) is -2.11. The highest BCUT2D eigenvalue weighted by molar-refractivity contribution is 5.97. The van der Waals surface area contributed by atoms with Gasteiger partial charge in [-0.25, -0.2) is 13.6 Å². The van der Waals surface area contributed by atoms with Gasteiger partial charge in [0, 0.05) is 11.1 Å². The summed E-state index contributed by atoms with van der Waals surface area (Å²) in [5, 5.41) is 9.09. The number of hydrogen-bond donors (Lipinski definition) is 1. The summed E-state index contributed by atoms with van der Waals surface area (Å²) in [6.07, 6.45) is 0. The van der Waals surface area contributed by atoms with E-state index < -0.39 is 17.6 Å². The number of carboxylic acids is 1. The maximum absolute atomic E-state index is 13.3. The summed E-state index contributed by atoms with van der Waals surface area (Å²) in [6.45, 7) is 0. The van der Waals surface area contributed by atoms with Gasteiger partial charge in [-0.05, 0) is 36.4 Å². The van der Waals surface area contributed by atoms with E-state index >= 15 is 0 Å². The molecule has 0 atom stereocenters. The van der Waals surface area contributed by atoms with Gasteiger partial charge in [-0.15, -0.1) is 0 Å². The lowest BCUT2D eigenvalue weighted by atomic mass is 9.98. The molecule has 0 saturated carbocycles. The first-order chi connectivity index (χ1) is 9.02. The van der Waals surface area contributed by atoms with Crippen LogP contribution in [0.3, 0.4) is 0 Å². The van der Waals surface area contributed by atoms with Crippen LogP contribution in [0.5, 0.6) is 5.75 Å². The number of hydrogen-bond acceptors (Lipinski definition) is 2. The molecule has 0 radical (unpaired) electrons. The van der Waals surface area contributed by atoms with Crippen LogP contribution in [0, 0.1) is 11.6 Å². The van der Waals surface area contributed by atoms with Crippen LogP contribution >= 0.6 is 0 Å². The molecule has 0 aliphatic rings. The van der Waals surface area contributed by atoms with Crippen molar-refractivity contribution in [3.05, 3.63) is 53.6 Å². The van der Waals surface area contributed by atoms with Crippen molar-refractivity contribution in [3.8, 4) is 16.9 Å². The van der Waals surface area contributed by atoms with E-state index in [0.717, 1.165) is 24.3 Å². The van der Waals surface area contributed by atoms with Crippen LogP contribution in [0.15, 0.2) is 36.4 Å². The number of carbonyl (C=O) groups is 1. The molecule has 98 valence electrons. The summed E-state index contributed by atoms with van der Waals surface area (Å²) in [7, 11) is 1.37. The van der Waals surface area contributed by atoms with Crippen LogP contribution in [0.1, 0.15) is 10.4 Å². The molecule has 0 bridgehead atoms. The van der Waals surface area contributed by atoms with Gasteiger partial charge < -0.3 is 9.84 Å². The Kier molecular flexibility index (Phi) is 3.46. The van der Waals surface area contributed by atoms with Crippen LogP contribution in [-0.2, 0) is 0 Å². The minimum absolute atomic E-state index is 0.0730. The quantitative estimate of drug-likeness (QED) is 0.924. The zero-order valence-corrected chi connectivity index (χ0v) is 9.98. The van der Waals surface area contributed by atoms with Crippen molar-refractivity contribution in [1.82, 2.24) is 0 Å². The summed E-state index contributed by atoms with van der Waals surface area (Å²) >= 11 is 0. The molecule has 2 rings (SSSR count). The Balaban J connectivity index is 2.73. The first-order valence-corrected chi connectivity index (χ1v) is 5.39. The number of rotatable bonds is 3. The molecule has 1 N–H and O–H groups in total. The Morgan fingerprint density at radius 3 is 2.21 bits per heavy atom. The number of methoxy groups -OCH3 is 1. The second kappa shape index (κ2) is 5.06. The first-order valence-electron chi connectivity index (χ1n) is 5.39. The maximum atomic E-state index is 13.3. The molecule has 3 nitrogen and oxygen atoms in total. The number of halogens is 2. The standard InChI is InChI=1S/C14H10F2O3/c1-19-13-5-3-9(16)7-12(13)11-6-8(15)2-4-10(11)14(17)18/h2-7H,1H3,(H,17,18). The molecule has 0 saturated heterocycles. The molecule has 0 aliphatic heterocycles. The number of ether oxygens (including phenoxy) is 1. The molecule has 0 aromatic heterocycles. The number of carboxylic acid groups (broad SMARTS) is 1. The Morgan fingerprint density at radius 1 is 1.05 bits per heavy atom. The van der Waals surface area contributed by atoms with E-state index in [2.05, 4.69) is 0 Å². The second-order valence-electron chi connectivity index (χ2n) is 3.84. The van der Waals surface area contributed by atoms with Gasteiger partial charge in [0.05, 0.1) is 12.7 Å². The zero-order chi connectivity index (χ0) is 14.0. The normalized spacial score (nSPS) is 10.3. The molecule has 5 heteroatoms. The van der Waals surface area contributed by atoms with Crippen LogP contribution in [0.25, 0.3) is 11.1 Å². The molecular weight excluding hydrogens is 254 g/mol. The Bertz CT molecular complexity index is 639. The third-order valence-electron chi connectivity index (χ3n) is 2.66. The van der Waals surface area contributed by atoms with Crippen LogP contribution in [0.4, 0.5) is 8.78 Å². The minimum Gasteiger partial charge on any atom is -0.496 e. The van der Waals surface area contributed by atoms with E-state index in [-0.39, 0.29) is 22.4 Å². The van der Waals surface area contributed by atoms with Gasteiger partial charge in [-0.2, -0.15) is 0 Å². The van der Waals surface area contributed by atoms with E-state index in [9.17, 15) is 13.6 Å². The molecule has 0 fully saturated rings. The van der Waals surface area contributed by atoms with Gasteiger partial charge in [0.2, 0.25) is 0 Å². The third-order valence-corrected chi connectivity index (χ3v) is 2.66. The largest absolute Gasteiger partial charge is 0.496 e. The zero-order valence-electron chi connectivity index (χ0n) is 9.98. The highest BCUT2D eigenvalue weighted by Crippen LogP contribution is 2.33. The fourth-order valence-corrected chi connectivity index (χ4v) is 1.82. The fourth-order valence-electron chi connectivity index (χ4n) is 1.82. The van der Waals surface area contributed by atoms with Gasteiger partial charge in [0.25, 0.3) is 0 Å². The molecule has 0 heterocycles. The monoisotopic (exact) mass is 264 g/mol. The van der Waals surface area contributed by atoms with E-state index in [4.69, 9.17) is 9.84 Å². The number of benzene rings is 2. The van der Waals surface area contributed by atoms with Crippen molar-refractivity contribution in [2.75, 3.05) is 7.11 Å². The molecule has 0 aliphatic carbocycles. The van der Waals surface area contributed by atoms with E-state index in [1.54, 1.807) is 0 Å². The lowest BCUT2D eigenvalue weighted by Crippen LogP contribution is -2.01. The van der Waals surface area contributed by atoms with Crippen molar-refractivity contribution >= 4 is 5.97 Å². The maximum Gasteiger partial charge on any atom is 0.336 e. The summed E-state index contributed by atoms with van der Waals surface area (Å²) in [4.78, 5) is 11.1. The minimum atomic E-state index is -1.22. The van der Waals surface area contributed by atoms with Crippen molar-refractivity contribution in [2.45, 2.75) is 0 Å². The molecule has 2 aromatic carbocycles. The smallest absolute Gasteiger partial charge is 0.336 e. The molecular formula is C14H10F2O3. The van der Waals surface area contributed by atoms with Gasteiger partial charge in [-0.3, -0.25) is 0 Å². The van der Waals surface area contributed by atoms with E-state index in [1.807, 2.05) is 0 Å². The SMILES string of the molecule is COc1ccc(F)cc1-c1cc(F)ccc1C(=O)O. The lowest BCUT2D eigenvalue weighted by molar-refractivity contribution is 0.0697. The predicted molar refractivity (Wildman–Crippen MR) is 65.3 cm³/mol. The van der Waals surface area contributed by atoms with E-state index in [0.29, 0.717) is 0 Å². The highest BCUT2D eigenvalue weighted by atomic mass is 19.1. The van der Waals surface area contributed by atoms with Gasteiger partial charge in [-0.1, -0.05) is 0 Å². The highest BCUT2D eigenvalue weighted by Gasteiger charge is 2.16. The third kappa shape index (κ3) is 2.54. The van der Waals surface area contributed by atoms with E-state index in [1.165, 1.54) is 19.2 Å². The Labute approximate surface area is 108 Å². The second-order valence-corrected chi connectivity index (χ2v) is 3.84. The van der Waals surface area contributed by atoms with Gasteiger partial charge in [0.1, 0.15) is 17.4 Å². The predicted octanol–water partition coefficient (Wildman–Crippen LogP) is 3.34. The van der Waals surface area contributed by atoms with Crippen molar-refractivity contribution in [1.29, 1.82) is 0 Å². The van der Waals surface area contributed by atoms with Gasteiger partial charge in [0.15, 0.2) is 0 Å². The summed E-state index contributed by atoms with van der Waals surface area (Å²) < 4.78 is 31.7. The molecule has 19 heavy (non-hydrogen) atoms.